The molecule has 0 aliphatic rings. The number of benzene rings is 1. The molecule has 2 N–H and O–H groups in total. The maximum atomic E-state index is 4.49. The van der Waals surface area contributed by atoms with Gasteiger partial charge < -0.3 is 4.57 Å². The van der Waals surface area contributed by atoms with Crippen molar-refractivity contribution in [2.45, 2.75) is 19.5 Å². The topological polar surface area (TPSA) is 58.5 Å². The number of hydrogen-bond donors (Lipinski definition) is 2. The zero-order valence-electron chi connectivity index (χ0n) is 12.2. The van der Waals surface area contributed by atoms with E-state index in [9.17, 15) is 0 Å². The van der Waals surface area contributed by atoms with Crippen LogP contribution in [0.4, 0.5) is 0 Å². The number of hydrogen-bond acceptors (Lipinski definition) is 3. The van der Waals surface area contributed by atoms with Gasteiger partial charge in [-0.15, -0.1) is 0 Å². The highest BCUT2D eigenvalue weighted by molar-refractivity contribution is 5.26. The molecule has 5 heteroatoms. The van der Waals surface area contributed by atoms with Crippen molar-refractivity contribution in [1.29, 1.82) is 0 Å². The molecular weight excluding hydrogens is 262 g/mol. The smallest absolute Gasteiger partial charge is 0.130 e. The molecule has 0 saturated heterocycles. The molecule has 3 rings (SSSR count). The second-order valence-electron chi connectivity index (χ2n) is 5.14. The van der Waals surface area contributed by atoms with Crippen molar-refractivity contribution < 1.29 is 0 Å². The van der Waals surface area contributed by atoms with Gasteiger partial charge >= 0.3 is 0 Å². The molecule has 1 atom stereocenters. The predicted molar refractivity (Wildman–Crippen MR) is 81.7 cm³/mol. The zero-order chi connectivity index (χ0) is 14.7. The van der Waals surface area contributed by atoms with Crippen LogP contribution in [-0.2, 0) is 13.6 Å². The van der Waals surface area contributed by atoms with Gasteiger partial charge in [0.05, 0.1) is 12.2 Å². The maximum Gasteiger partial charge on any atom is 0.130 e. The van der Waals surface area contributed by atoms with Crippen LogP contribution in [0, 0.1) is 6.92 Å². The van der Waals surface area contributed by atoms with E-state index >= 15 is 0 Å². The van der Waals surface area contributed by atoms with Gasteiger partial charge in [-0.05, 0) is 12.5 Å². The summed E-state index contributed by atoms with van der Waals surface area (Å²) in [7, 11) is 2.02. The van der Waals surface area contributed by atoms with Crippen LogP contribution in [0.2, 0.25) is 0 Å². The summed E-state index contributed by atoms with van der Waals surface area (Å²) in [5, 5.41) is 10.6. The third-order valence-corrected chi connectivity index (χ3v) is 3.68. The maximum absolute atomic E-state index is 4.49. The Bertz CT molecular complexity index is 698. The third kappa shape index (κ3) is 2.87. The monoisotopic (exact) mass is 281 g/mol. The Morgan fingerprint density at radius 2 is 2.10 bits per heavy atom. The standard InChI is InChI=1S/C16H19N5/c1-12-14(11-19-20-12)10-18-15(13-6-4-3-5-7-13)16-17-8-9-21(16)2/h3-9,11,15,18H,10H2,1-2H3,(H,19,20). The van der Waals surface area contributed by atoms with E-state index in [-0.39, 0.29) is 6.04 Å². The summed E-state index contributed by atoms with van der Waals surface area (Å²) in [5.74, 6) is 1.00. The lowest BCUT2D eigenvalue weighted by Crippen LogP contribution is -2.24. The molecule has 0 fully saturated rings. The number of aromatic nitrogens is 4. The Hall–Kier alpha value is -2.40. The highest BCUT2D eigenvalue weighted by atomic mass is 15.1. The van der Waals surface area contributed by atoms with Crippen molar-refractivity contribution in [2.75, 3.05) is 0 Å². The van der Waals surface area contributed by atoms with Gasteiger partial charge in [0.1, 0.15) is 5.82 Å². The second-order valence-corrected chi connectivity index (χ2v) is 5.14. The fourth-order valence-corrected chi connectivity index (χ4v) is 2.42. The lowest BCUT2D eigenvalue weighted by Gasteiger charge is -2.19. The first-order valence-electron chi connectivity index (χ1n) is 7.00. The number of nitrogens with one attached hydrogen (secondary N) is 2. The van der Waals surface area contributed by atoms with Crippen LogP contribution in [0.15, 0.2) is 48.9 Å². The minimum Gasteiger partial charge on any atom is -0.336 e. The van der Waals surface area contributed by atoms with E-state index < -0.39 is 0 Å². The van der Waals surface area contributed by atoms with E-state index in [4.69, 9.17) is 0 Å². The fourth-order valence-electron chi connectivity index (χ4n) is 2.42. The average Bonchev–Trinajstić information content (AvgIpc) is 3.10. The normalized spacial score (nSPS) is 12.5. The molecule has 0 aliphatic heterocycles. The van der Waals surface area contributed by atoms with Gasteiger partial charge in [-0.25, -0.2) is 4.98 Å². The van der Waals surface area contributed by atoms with E-state index in [1.54, 1.807) is 0 Å². The summed E-state index contributed by atoms with van der Waals surface area (Å²) in [6, 6.07) is 10.4. The van der Waals surface area contributed by atoms with Crippen molar-refractivity contribution in [3.05, 3.63) is 71.6 Å². The molecule has 0 aliphatic carbocycles. The summed E-state index contributed by atoms with van der Waals surface area (Å²) in [6.07, 6.45) is 5.66. The van der Waals surface area contributed by atoms with Crippen LogP contribution in [0.5, 0.6) is 0 Å². The van der Waals surface area contributed by atoms with Gasteiger partial charge in [-0.2, -0.15) is 5.10 Å². The quantitative estimate of drug-likeness (QED) is 0.754. The minimum atomic E-state index is 0.0560. The number of H-pyrrole nitrogens is 1. The number of rotatable bonds is 5. The molecule has 1 unspecified atom stereocenters. The summed E-state index contributed by atoms with van der Waals surface area (Å²) in [6.45, 7) is 2.77. The number of aromatic amines is 1. The van der Waals surface area contributed by atoms with Gasteiger partial charge in [0.2, 0.25) is 0 Å². The Labute approximate surface area is 124 Å². The van der Waals surface area contributed by atoms with Gasteiger partial charge in [0, 0.05) is 37.2 Å². The van der Waals surface area contributed by atoms with E-state index in [2.05, 4.69) is 44.8 Å². The molecule has 108 valence electrons. The Morgan fingerprint density at radius 1 is 1.29 bits per heavy atom. The van der Waals surface area contributed by atoms with E-state index in [0.717, 1.165) is 18.1 Å². The molecule has 0 amide bonds. The first-order valence-corrected chi connectivity index (χ1v) is 7.00. The molecule has 2 heterocycles. The Kier molecular flexibility index (Phi) is 3.83. The van der Waals surface area contributed by atoms with E-state index in [0.29, 0.717) is 0 Å². The molecule has 1 aromatic carbocycles. The van der Waals surface area contributed by atoms with Crippen LogP contribution >= 0.6 is 0 Å². The summed E-state index contributed by atoms with van der Waals surface area (Å²) in [4.78, 5) is 4.49. The first kappa shape index (κ1) is 13.6. The zero-order valence-corrected chi connectivity index (χ0v) is 12.2. The summed E-state index contributed by atoms with van der Waals surface area (Å²) < 4.78 is 2.05. The van der Waals surface area contributed by atoms with Crippen molar-refractivity contribution in [3.63, 3.8) is 0 Å². The minimum absolute atomic E-state index is 0.0560. The van der Waals surface area contributed by atoms with Crippen molar-refractivity contribution in [1.82, 2.24) is 25.1 Å². The van der Waals surface area contributed by atoms with Crippen molar-refractivity contribution in [2.24, 2.45) is 7.05 Å². The largest absolute Gasteiger partial charge is 0.336 e. The molecule has 3 aromatic rings. The second kappa shape index (κ2) is 5.93. The van der Waals surface area contributed by atoms with Crippen LogP contribution in [0.25, 0.3) is 0 Å². The summed E-state index contributed by atoms with van der Waals surface area (Å²) >= 11 is 0. The van der Waals surface area contributed by atoms with Gasteiger partial charge in [0.15, 0.2) is 0 Å². The molecule has 5 nitrogen and oxygen atoms in total. The van der Waals surface area contributed by atoms with Gasteiger partial charge in [-0.3, -0.25) is 10.4 Å². The summed E-state index contributed by atoms with van der Waals surface area (Å²) in [5.41, 5.74) is 3.47. The molecular formula is C16H19N5. The predicted octanol–water partition coefficient (Wildman–Crippen LogP) is 2.33. The highest BCUT2D eigenvalue weighted by Crippen LogP contribution is 2.20. The Morgan fingerprint density at radius 3 is 2.71 bits per heavy atom. The van der Waals surface area contributed by atoms with Crippen LogP contribution in [0.1, 0.15) is 28.7 Å². The highest BCUT2D eigenvalue weighted by Gasteiger charge is 2.18. The number of imidazole rings is 1. The first-order chi connectivity index (χ1) is 10.3. The lowest BCUT2D eigenvalue weighted by atomic mass is 10.1. The SMILES string of the molecule is Cc1[nH]ncc1CNC(c1ccccc1)c1nccn1C. The molecule has 0 radical (unpaired) electrons. The van der Waals surface area contributed by atoms with Crippen molar-refractivity contribution >= 4 is 0 Å². The number of nitrogens with zero attached hydrogens (tertiary/aromatic N) is 3. The van der Waals surface area contributed by atoms with Crippen LogP contribution in [0.3, 0.4) is 0 Å². The molecule has 0 spiro atoms. The Balaban J connectivity index is 1.87. The average molecular weight is 281 g/mol. The number of aryl methyl sites for hydroxylation is 2. The molecule has 21 heavy (non-hydrogen) atoms. The molecule has 2 aromatic heterocycles. The third-order valence-electron chi connectivity index (χ3n) is 3.68. The van der Waals surface area contributed by atoms with Crippen molar-refractivity contribution in [3.8, 4) is 0 Å². The fraction of sp³-hybridized carbons (Fsp3) is 0.250. The van der Waals surface area contributed by atoms with Gasteiger partial charge in [-0.1, -0.05) is 30.3 Å². The molecule has 0 bridgehead atoms. The van der Waals surface area contributed by atoms with Crippen LogP contribution in [-0.4, -0.2) is 19.7 Å². The van der Waals surface area contributed by atoms with E-state index in [1.165, 1.54) is 11.1 Å². The van der Waals surface area contributed by atoms with Crippen LogP contribution < -0.4 is 5.32 Å². The van der Waals surface area contributed by atoms with E-state index in [1.807, 2.05) is 43.2 Å². The van der Waals surface area contributed by atoms with Gasteiger partial charge in [0.25, 0.3) is 0 Å². The lowest BCUT2D eigenvalue weighted by molar-refractivity contribution is 0.557. The molecule has 0 saturated carbocycles.